The minimum Gasteiger partial charge on any atom is -0.465 e. The molecule has 100 valence electrons. The zero-order chi connectivity index (χ0) is 14.1. The van der Waals surface area contributed by atoms with Crippen LogP contribution in [-0.2, 0) is 0 Å². The van der Waals surface area contributed by atoms with E-state index in [1.165, 1.54) is 0 Å². The molecule has 0 aliphatic carbocycles. The van der Waals surface area contributed by atoms with Gasteiger partial charge in [-0.1, -0.05) is 76.6 Å². The molecule has 1 amide bonds. The van der Waals surface area contributed by atoms with Crippen LogP contribution in [0.5, 0.6) is 0 Å². The molecule has 2 rings (SSSR count). The lowest BCUT2D eigenvalue weighted by molar-refractivity contribution is 0.191. The highest BCUT2D eigenvalue weighted by atomic mass is 79.9. The molecule has 19 heavy (non-hydrogen) atoms. The number of halogens is 1. The van der Waals surface area contributed by atoms with Crippen LogP contribution in [0.25, 0.3) is 0 Å². The molecular weight excluding hydrogens is 306 g/mol. The summed E-state index contributed by atoms with van der Waals surface area (Å²) >= 11 is 2.94. The third-order valence-corrected chi connectivity index (χ3v) is 2.53. The number of hydrogen-bond acceptors (Lipinski definition) is 1. The van der Waals surface area contributed by atoms with Crippen molar-refractivity contribution in [2.24, 2.45) is 0 Å². The molecule has 0 aromatic heterocycles. The maximum Gasteiger partial charge on any atom is 0.405 e. The molecule has 2 aromatic rings. The molecular formula is C15H16BrNO2. The fraction of sp³-hybridized carbons (Fsp3) is 0.133. The highest BCUT2D eigenvalue weighted by Crippen LogP contribution is 2.21. The van der Waals surface area contributed by atoms with Crippen molar-refractivity contribution in [2.75, 3.05) is 5.83 Å². The van der Waals surface area contributed by atoms with Gasteiger partial charge in [-0.25, -0.2) is 4.79 Å². The molecule has 3 nitrogen and oxygen atoms in total. The quantitative estimate of drug-likeness (QED) is 0.838. The number of carboxylic acid groups (broad SMARTS) is 1. The van der Waals surface area contributed by atoms with Gasteiger partial charge in [0.25, 0.3) is 0 Å². The van der Waals surface area contributed by atoms with Gasteiger partial charge in [-0.2, -0.15) is 0 Å². The van der Waals surface area contributed by atoms with Crippen LogP contribution in [0.15, 0.2) is 60.7 Å². The van der Waals surface area contributed by atoms with E-state index in [2.05, 4.69) is 21.2 Å². The molecule has 0 unspecified atom stereocenters. The van der Waals surface area contributed by atoms with E-state index in [4.69, 9.17) is 5.11 Å². The molecule has 4 heteroatoms. The molecule has 0 aliphatic heterocycles. The first kappa shape index (κ1) is 15.2. The largest absolute Gasteiger partial charge is 0.465 e. The third-order valence-electron chi connectivity index (χ3n) is 2.53. The van der Waals surface area contributed by atoms with Gasteiger partial charge in [-0.15, -0.1) is 0 Å². The van der Waals surface area contributed by atoms with E-state index >= 15 is 0 Å². The van der Waals surface area contributed by atoms with Gasteiger partial charge < -0.3 is 10.4 Å². The Morgan fingerprint density at radius 1 is 0.947 bits per heavy atom. The lowest BCUT2D eigenvalue weighted by atomic mass is 9.99. The molecule has 0 spiro atoms. The second-order valence-electron chi connectivity index (χ2n) is 3.70. The summed E-state index contributed by atoms with van der Waals surface area (Å²) in [6.07, 6.45) is -1.03. The third kappa shape index (κ3) is 4.75. The van der Waals surface area contributed by atoms with Crippen molar-refractivity contribution in [1.29, 1.82) is 0 Å². The van der Waals surface area contributed by atoms with Crippen molar-refractivity contribution in [3.63, 3.8) is 0 Å². The van der Waals surface area contributed by atoms with E-state index < -0.39 is 6.09 Å². The Balaban J connectivity index is 0.000000861. The normalized spacial score (nSPS) is 9.42. The van der Waals surface area contributed by atoms with E-state index in [-0.39, 0.29) is 6.04 Å². The Morgan fingerprint density at radius 2 is 1.32 bits per heavy atom. The monoisotopic (exact) mass is 321 g/mol. The van der Waals surface area contributed by atoms with Gasteiger partial charge in [0, 0.05) is 0 Å². The predicted octanol–water partition coefficient (Wildman–Crippen LogP) is 4.05. The Kier molecular flexibility index (Phi) is 6.68. The van der Waals surface area contributed by atoms with Crippen LogP contribution < -0.4 is 5.32 Å². The molecule has 0 atom stereocenters. The lowest BCUT2D eigenvalue weighted by Crippen LogP contribution is -2.27. The maximum absolute atomic E-state index is 10.8. The van der Waals surface area contributed by atoms with Crippen LogP contribution in [0.1, 0.15) is 17.2 Å². The number of hydrogen-bond donors (Lipinski definition) is 2. The number of alkyl halides is 1. The van der Waals surface area contributed by atoms with Crippen LogP contribution in [-0.4, -0.2) is 17.0 Å². The summed E-state index contributed by atoms with van der Waals surface area (Å²) in [6.45, 7) is 0. The van der Waals surface area contributed by atoms with Crippen LogP contribution in [0.2, 0.25) is 0 Å². The van der Waals surface area contributed by atoms with Gasteiger partial charge in [0.1, 0.15) is 0 Å². The Hall–Kier alpha value is -1.81. The summed E-state index contributed by atoms with van der Waals surface area (Å²) in [6, 6.07) is 18.7. The first-order chi connectivity index (χ1) is 9.27. The highest BCUT2D eigenvalue weighted by molar-refractivity contribution is 9.08. The van der Waals surface area contributed by atoms with Gasteiger partial charge in [0.05, 0.1) is 6.04 Å². The zero-order valence-electron chi connectivity index (χ0n) is 10.6. The van der Waals surface area contributed by atoms with Crippen LogP contribution in [0.3, 0.4) is 0 Å². The minimum absolute atomic E-state index is 0.324. The smallest absolute Gasteiger partial charge is 0.405 e. The number of amides is 1. The average Bonchev–Trinajstić information content (AvgIpc) is 2.48. The van der Waals surface area contributed by atoms with E-state index in [1.54, 1.807) is 0 Å². The van der Waals surface area contributed by atoms with Crippen molar-refractivity contribution in [3.05, 3.63) is 71.8 Å². The van der Waals surface area contributed by atoms with Gasteiger partial charge >= 0.3 is 6.09 Å². The first-order valence-corrected chi connectivity index (χ1v) is 7.33. The Morgan fingerprint density at radius 3 is 1.63 bits per heavy atom. The van der Waals surface area contributed by atoms with E-state index in [9.17, 15) is 4.79 Å². The summed E-state index contributed by atoms with van der Waals surface area (Å²) in [5, 5.41) is 11.4. The van der Waals surface area contributed by atoms with Gasteiger partial charge in [0.2, 0.25) is 0 Å². The van der Waals surface area contributed by atoms with Gasteiger partial charge in [-0.3, -0.25) is 0 Å². The summed E-state index contributed by atoms with van der Waals surface area (Å²) in [5.41, 5.74) is 1.86. The topological polar surface area (TPSA) is 49.3 Å². The summed E-state index contributed by atoms with van der Waals surface area (Å²) in [5.74, 6) is 1.81. The van der Waals surface area contributed by atoms with Crippen molar-refractivity contribution in [3.8, 4) is 0 Å². The summed E-state index contributed by atoms with van der Waals surface area (Å²) in [7, 11) is 0. The maximum atomic E-state index is 10.8. The molecule has 0 radical (unpaired) electrons. The van der Waals surface area contributed by atoms with Crippen molar-refractivity contribution >= 4 is 22.0 Å². The highest BCUT2D eigenvalue weighted by Gasteiger charge is 2.15. The van der Waals surface area contributed by atoms with Crippen molar-refractivity contribution in [1.82, 2.24) is 5.32 Å². The zero-order valence-corrected chi connectivity index (χ0v) is 12.2. The van der Waals surface area contributed by atoms with Gasteiger partial charge in [-0.05, 0) is 17.0 Å². The first-order valence-electron chi connectivity index (χ1n) is 5.74. The lowest BCUT2D eigenvalue weighted by Gasteiger charge is -2.17. The summed E-state index contributed by atoms with van der Waals surface area (Å²) in [4.78, 5) is 10.8. The van der Waals surface area contributed by atoms with Crippen LogP contribution in [0.4, 0.5) is 4.79 Å². The minimum atomic E-state index is -1.03. The number of nitrogens with one attached hydrogen (secondary N) is 1. The molecule has 0 bridgehead atoms. The standard InChI is InChI=1S/C14H13NO2.CH3Br/c16-14(17)15-13(11-7-3-1-4-8-11)12-9-5-2-6-10-12;1-2/h1-10,13,15H,(H,16,17);1H3. The van der Waals surface area contributed by atoms with E-state index in [1.807, 2.05) is 66.5 Å². The van der Waals surface area contributed by atoms with Crippen molar-refractivity contribution in [2.45, 2.75) is 6.04 Å². The molecule has 2 N–H and O–H groups in total. The molecule has 0 fully saturated rings. The van der Waals surface area contributed by atoms with E-state index in [0.717, 1.165) is 11.1 Å². The molecule has 0 saturated carbocycles. The number of benzene rings is 2. The van der Waals surface area contributed by atoms with Crippen LogP contribution >= 0.6 is 15.9 Å². The summed E-state index contributed by atoms with van der Waals surface area (Å²) < 4.78 is 0. The molecule has 0 saturated heterocycles. The predicted molar refractivity (Wildman–Crippen MR) is 80.7 cm³/mol. The molecule has 2 aromatic carbocycles. The number of carbonyl (C=O) groups is 1. The fourth-order valence-corrected chi connectivity index (χ4v) is 1.77. The second kappa shape index (κ2) is 8.32. The second-order valence-corrected chi connectivity index (χ2v) is 3.70. The Bertz CT molecular complexity index is 449. The van der Waals surface area contributed by atoms with Crippen LogP contribution in [0, 0.1) is 0 Å². The SMILES string of the molecule is CBr.O=C(O)NC(c1ccccc1)c1ccccc1. The Labute approximate surface area is 121 Å². The fourth-order valence-electron chi connectivity index (χ4n) is 1.77. The number of rotatable bonds is 3. The molecule has 0 heterocycles. The van der Waals surface area contributed by atoms with Gasteiger partial charge in [0.15, 0.2) is 0 Å². The van der Waals surface area contributed by atoms with Crippen molar-refractivity contribution < 1.29 is 9.90 Å². The molecule has 0 aliphatic rings. The van der Waals surface area contributed by atoms with E-state index in [0.29, 0.717) is 0 Å². The average molecular weight is 322 g/mol.